The maximum Gasteiger partial charge on any atom is 0.243 e. The normalized spacial score (nSPS) is 13.2. The van der Waals surface area contributed by atoms with Crippen LogP contribution in [0.4, 0.5) is 0 Å². The Balaban J connectivity index is 1.38. The second kappa shape index (κ2) is 19.9. The van der Waals surface area contributed by atoms with E-state index in [9.17, 15) is 24.0 Å². The smallest absolute Gasteiger partial charge is 0.243 e. The molecule has 1 aromatic heterocycles. The standard InChI is InChI=1S/C41H45IN8O5S/c1-24(51)47-35(22-29-23-56-36-11-5-4-9-31(29)36)40(55)48-32(10-6-18-46-41(44)45)38(53)50-34(20-25-13-16-30(42)17-14-25)39(54)49-33(37(43)52)21-26-12-15-27-7-2-3-8-28(27)19-26/h2-5,7-9,11-17,19,23,32-35H,6,10,18,20-22H2,1H3,(H2,43,52)(H,47,51)(H,48,55)(H,49,54)(H,50,53)(H4,44,45,46)/t32-,33-,34+,35-/m0/s1. The number of primary amides is 1. The fraction of sp³-hybridized carbons (Fsp3) is 0.268. The first-order valence-corrected chi connectivity index (χ1v) is 20.0. The SMILES string of the molecule is CC(=O)N[C@@H](Cc1csc2ccccc12)C(=O)N[C@@H](CCCN=C(N)N)C(=O)N[C@H](Cc1ccc(I)cc1)C(=O)N[C@@H](Cc1ccc2ccccc2c1)C(N)=O. The average molecular weight is 889 g/mol. The van der Waals surface area contributed by atoms with Gasteiger partial charge in [-0.05, 0) is 91.9 Å². The van der Waals surface area contributed by atoms with Crippen LogP contribution < -0.4 is 38.5 Å². The van der Waals surface area contributed by atoms with Crippen LogP contribution >= 0.6 is 33.9 Å². The van der Waals surface area contributed by atoms with Crippen LogP contribution in [-0.2, 0) is 43.2 Å². The molecule has 0 aliphatic heterocycles. The Labute approximate surface area is 342 Å². The molecule has 5 rings (SSSR count). The molecule has 292 valence electrons. The number of amides is 5. The third-order valence-corrected chi connectivity index (χ3v) is 10.9. The number of carbonyl (C=O) groups excluding carboxylic acids is 5. The molecule has 4 aromatic carbocycles. The largest absolute Gasteiger partial charge is 0.370 e. The lowest BCUT2D eigenvalue weighted by atomic mass is 10.00. The fourth-order valence-corrected chi connectivity index (χ4v) is 7.68. The van der Waals surface area contributed by atoms with Gasteiger partial charge in [0.05, 0.1) is 0 Å². The molecule has 0 fully saturated rings. The van der Waals surface area contributed by atoms with Crippen molar-refractivity contribution >= 4 is 90.3 Å². The Kier molecular flexibility index (Phi) is 14.8. The zero-order valence-corrected chi connectivity index (χ0v) is 33.8. The number of aliphatic imine (C=N–C) groups is 1. The van der Waals surface area contributed by atoms with E-state index in [2.05, 4.69) is 48.9 Å². The van der Waals surface area contributed by atoms with E-state index in [0.29, 0.717) is 6.42 Å². The highest BCUT2D eigenvalue weighted by molar-refractivity contribution is 14.1. The maximum absolute atomic E-state index is 14.2. The van der Waals surface area contributed by atoms with Crippen molar-refractivity contribution in [3.05, 3.63) is 117 Å². The highest BCUT2D eigenvalue weighted by Gasteiger charge is 2.31. The van der Waals surface area contributed by atoms with Crippen molar-refractivity contribution in [2.45, 2.75) is 63.2 Å². The third kappa shape index (κ3) is 12.0. The minimum atomic E-state index is -1.17. The molecule has 4 atom stereocenters. The van der Waals surface area contributed by atoms with E-state index in [-0.39, 0.29) is 38.2 Å². The molecule has 0 aliphatic rings. The summed E-state index contributed by atoms with van der Waals surface area (Å²) < 4.78 is 2.02. The third-order valence-electron chi connectivity index (χ3n) is 9.16. The van der Waals surface area contributed by atoms with Gasteiger partial charge in [-0.2, -0.15) is 0 Å². The Morgan fingerprint density at radius 2 is 1.27 bits per heavy atom. The van der Waals surface area contributed by atoms with E-state index in [4.69, 9.17) is 17.2 Å². The zero-order chi connectivity index (χ0) is 40.2. The lowest BCUT2D eigenvalue weighted by Gasteiger charge is -2.26. The molecule has 5 amide bonds. The van der Waals surface area contributed by atoms with Gasteiger partial charge in [0.2, 0.25) is 29.5 Å². The Morgan fingerprint density at radius 1 is 0.679 bits per heavy atom. The second-order valence-corrected chi connectivity index (χ2v) is 15.6. The molecule has 13 nitrogen and oxygen atoms in total. The molecule has 15 heteroatoms. The summed E-state index contributed by atoms with van der Waals surface area (Å²) in [6.45, 7) is 1.50. The van der Waals surface area contributed by atoms with Crippen LogP contribution in [0.5, 0.6) is 0 Å². The summed E-state index contributed by atoms with van der Waals surface area (Å²) in [5, 5.41) is 16.0. The minimum absolute atomic E-state index is 0.0738. The highest BCUT2D eigenvalue weighted by Crippen LogP contribution is 2.27. The van der Waals surface area contributed by atoms with Crippen molar-refractivity contribution in [1.29, 1.82) is 0 Å². The molecule has 0 spiro atoms. The number of nitrogens with zero attached hydrogens (tertiary/aromatic N) is 1. The number of hydrogen-bond acceptors (Lipinski definition) is 7. The number of carbonyl (C=O) groups is 5. The van der Waals surface area contributed by atoms with Gasteiger partial charge in [0.25, 0.3) is 0 Å². The highest BCUT2D eigenvalue weighted by atomic mass is 127. The number of benzene rings is 4. The van der Waals surface area contributed by atoms with Gasteiger partial charge in [-0.1, -0.05) is 72.8 Å². The number of fused-ring (bicyclic) bond motifs is 2. The van der Waals surface area contributed by atoms with Crippen LogP contribution in [0.1, 0.15) is 36.5 Å². The summed E-state index contributed by atoms with van der Waals surface area (Å²) in [6, 6.07) is 24.3. The van der Waals surface area contributed by atoms with Crippen molar-refractivity contribution in [3.8, 4) is 0 Å². The molecule has 0 aliphatic carbocycles. The molecule has 56 heavy (non-hydrogen) atoms. The predicted molar refractivity (Wildman–Crippen MR) is 229 cm³/mol. The molecule has 0 saturated carbocycles. The van der Waals surface area contributed by atoms with Crippen molar-refractivity contribution in [3.63, 3.8) is 0 Å². The van der Waals surface area contributed by atoms with Gasteiger partial charge in [0.1, 0.15) is 24.2 Å². The minimum Gasteiger partial charge on any atom is -0.370 e. The molecule has 0 radical (unpaired) electrons. The van der Waals surface area contributed by atoms with Gasteiger partial charge < -0.3 is 38.5 Å². The Bertz CT molecular complexity index is 2220. The number of thiophene rings is 1. The van der Waals surface area contributed by atoms with Crippen LogP contribution in [0.25, 0.3) is 20.9 Å². The molecule has 0 saturated heterocycles. The lowest BCUT2D eigenvalue weighted by Crippen LogP contribution is -2.59. The quantitative estimate of drug-likeness (QED) is 0.0301. The van der Waals surface area contributed by atoms with E-state index in [1.165, 1.54) is 18.3 Å². The lowest BCUT2D eigenvalue weighted by molar-refractivity contribution is -0.134. The number of halogens is 1. The van der Waals surface area contributed by atoms with Crippen molar-refractivity contribution in [2.75, 3.05) is 6.54 Å². The molecular weight excluding hydrogens is 843 g/mol. The zero-order valence-electron chi connectivity index (χ0n) is 30.8. The Hall–Kier alpha value is -5.55. The molecule has 10 N–H and O–H groups in total. The first-order valence-electron chi connectivity index (χ1n) is 18.1. The predicted octanol–water partition coefficient (Wildman–Crippen LogP) is 3.19. The van der Waals surface area contributed by atoms with Crippen LogP contribution in [0, 0.1) is 3.57 Å². The van der Waals surface area contributed by atoms with Gasteiger partial charge in [-0.25, -0.2) is 0 Å². The first-order chi connectivity index (χ1) is 26.9. The summed E-state index contributed by atoms with van der Waals surface area (Å²) in [5.74, 6) is -3.14. The van der Waals surface area contributed by atoms with Gasteiger partial charge in [0.15, 0.2) is 5.96 Å². The number of guanidine groups is 1. The average Bonchev–Trinajstić information content (AvgIpc) is 3.58. The second-order valence-electron chi connectivity index (χ2n) is 13.5. The van der Waals surface area contributed by atoms with Crippen molar-refractivity contribution in [1.82, 2.24) is 21.3 Å². The van der Waals surface area contributed by atoms with Gasteiger partial charge in [-0.15, -0.1) is 11.3 Å². The van der Waals surface area contributed by atoms with Crippen LogP contribution in [0.3, 0.4) is 0 Å². The molecule has 0 bridgehead atoms. The van der Waals surface area contributed by atoms with Crippen LogP contribution in [-0.4, -0.2) is 66.2 Å². The molecule has 0 unspecified atom stereocenters. The number of nitrogens with one attached hydrogen (secondary N) is 4. The summed E-state index contributed by atoms with van der Waals surface area (Å²) in [6.07, 6.45) is 0.793. The molecule has 1 heterocycles. The van der Waals surface area contributed by atoms with Gasteiger partial charge in [0, 0.05) is 41.0 Å². The summed E-state index contributed by atoms with van der Waals surface area (Å²) in [5.41, 5.74) is 19.2. The number of rotatable bonds is 18. The van der Waals surface area contributed by atoms with Gasteiger partial charge in [-0.3, -0.25) is 29.0 Å². The van der Waals surface area contributed by atoms with E-state index in [0.717, 1.165) is 41.1 Å². The van der Waals surface area contributed by atoms with E-state index >= 15 is 0 Å². The first kappa shape index (κ1) is 41.6. The van der Waals surface area contributed by atoms with E-state index in [1.54, 1.807) is 0 Å². The summed E-state index contributed by atoms with van der Waals surface area (Å²) >= 11 is 3.70. The van der Waals surface area contributed by atoms with E-state index < -0.39 is 53.7 Å². The van der Waals surface area contributed by atoms with Crippen LogP contribution in [0.15, 0.2) is 101 Å². The number of hydrogen-bond donors (Lipinski definition) is 7. The monoisotopic (exact) mass is 888 g/mol. The molecule has 5 aromatic rings. The summed E-state index contributed by atoms with van der Waals surface area (Å²) in [7, 11) is 0. The van der Waals surface area contributed by atoms with Crippen molar-refractivity contribution in [2.24, 2.45) is 22.2 Å². The topological polar surface area (TPSA) is 224 Å². The number of nitrogens with two attached hydrogens (primary N) is 3. The van der Waals surface area contributed by atoms with Crippen molar-refractivity contribution < 1.29 is 24.0 Å². The van der Waals surface area contributed by atoms with E-state index in [1.807, 2.05) is 96.4 Å². The Morgan fingerprint density at radius 3 is 1.96 bits per heavy atom. The summed E-state index contributed by atoms with van der Waals surface area (Å²) in [4.78, 5) is 71.1. The molecular formula is C41H45IN8O5S. The maximum atomic E-state index is 14.2. The van der Waals surface area contributed by atoms with Gasteiger partial charge >= 0.3 is 0 Å². The fourth-order valence-electron chi connectivity index (χ4n) is 6.34. The van der Waals surface area contributed by atoms with Crippen LogP contribution in [0.2, 0.25) is 0 Å².